The zero-order valence-corrected chi connectivity index (χ0v) is 12.8. The number of hydrogen-bond donors (Lipinski definition) is 2. The fourth-order valence-electron chi connectivity index (χ4n) is 2.98. The largest absolute Gasteiger partial charge is 0.508 e. The third-order valence-electron chi connectivity index (χ3n) is 4.12. The van der Waals surface area contributed by atoms with Gasteiger partial charge in [-0.2, -0.15) is 0 Å². The Hall–Kier alpha value is -1.03. The van der Waals surface area contributed by atoms with Crippen molar-refractivity contribution >= 4 is 21.9 Å². The molecule has 0 unspecified atom stereocenters. The van der Waals surface area contributed by atoms with E-state index in [4.69, 9.17) is 0 Å². The zero-order valence-electron chi connectivity index (χ0n) is 11.2. The Morgan fingerprint density at radius 2 is 1.89 bits per heavy atom. The Balaban J connectivity index is 2.56. The quantitative estimate of drug-likeness (QED) is 0.876. The van der Waals surface area contributed by atoms with E-state index in [-0.39, 0.29) is 11.7 Å². The molecule has 2 N–H and O–H groups in total. The number of hydrogen-bond acceptors (Lipinski definition) is 2. The first-order valence-electron chi connectivity index (χ1n) is 6.65. The van der Waals surface area contributed by atoms with Crippen LogP contribution in [0.4, 0.5) is 0 Å². The fourth-order valence-corrected chi connectivity index (χ4v) is 3.78. The fraction of sp³-hybridized carbons (Fsp3) is 0.533. The summed E-state index contributed by atoms with van der Waals surface area (Å²) < 4.78 is 0.878. The van der Waals surface area contributed by atoms with Gasteiger partial charge in [0, 0.05) is 10.0 Å². The summed E-state index contributed by atoms with van der Waals surface area (Å²) in [4.78, 5) is 11.7. The van der Waals surface area contributed by atoms with Crippen LogP contribution in [0.1, 0.15) is 56.6 Å². The van der Waals surface area contributed by atoms with Gasteiger partial charge in [0.25, 0.3) is 0 Å². The Bertz CT molecular complexity index is 502. The van der Waals surface area contributed by atoms with E-state index in [0.717, 1.165) is 22.9 Å². The summed E-state index contributed by atoms with van der Waals surface area (Å²) in [6.07, 6.45) is 3.00. The SMILES string of the molecule is CC(C)c1cc(O)c(C2(C(=O)O)CCCC2)cc1Br. The number of phenols is 1. The lowest BCUT2D eigenvalue weighted by Crippen LogP contribution is -2.32. The minimum atomic E-state index is -0.915. The van der Waals surface area contributed by atoms with Crippen LogP contribution in [0.15, 0.2) is 16.6 Å². The van der Waals surface area contributed by atoms with Gasteiger partial charge in [-0.25, -0.2) is 0 Å². The van der Waals surface area contributed by atoms with Crippen LogP contribution in [0.2, 0.25) is 0 Å². The van der Waals surface area contributed by atoms with Crippen LogP contribution in [0.3, 0.4) is 0 Å². The molecular weight excluding hydrogens is 308 g/mol. The normalized spacial score (nSPS) is 17.9. The number of benzene rings is 1. The Morgan fingerprint density at radius 1 is 1.32 bits per heavy atom. The van der Waals surface area contributed by atoms with Gasteiger partial charge in [-0.3, -0.25) is 4.79 Å². The van der Waals surface area contributed by atoms with Gasteiger partial charge in [0.1, 0.15) is 5.75 Å². The molecule has 1 saturated carbocycles. The highest BCUT2D eigenvalue weighted by molar-refractivity contribution is 9.10. The van der Waals surface area contributed by atoms with Crippen molar-refractivity contribution in [1.82, 2.24) is 0 Å². The standard InChI is InChI=1S/C15H19BrO3/c1-9(2)10-7-13(17)11(8-12(10)16)15(14(18)19)5-3-4-6-15/h7-9,17H,3-6H2,1-2H3,(H,18,19). The summed E-state index contributed by atoms with van der Waals surface area (Å²) in [5.74, 6) is -0.445. The Labute approximate surface area is 121 Å². The minimum Gasteiger partial charge on any atom is -0.508 e. The van der Waals surface area contributed by atoms with Gasteiger partial charge < -0.3 is 10.2 Å². The van der Waals surface area contributed by atoms with Crippen molar-refractivity contribution in [2.24, 2.45) is 0 Å². The summed E-state index contributed by atoms with van der Waals surface area (Å²) in [5, 5.41) is 19.8. The minimum absolute atomic E-state index is 0.108. The summed E-state index contributed by atoms with van der Waals surface area (Å²) in [6.45, 7) is 4.09. The molecule has 0 amide bonds. The second-order valence-electron chi connectivity index (χ2n) is 5.64. The Kier molecular flexibility index (Phi) is 3.90. The predicted molar refractivity (Wildman–Crippen MR) is 77.7 cm³/mol. The van der Waals surface area contributed by atoms with Gasteiger partial charge in [-0.05, 0) is 36.5 Å². The molecule has 0 aliphatic heterocycles. The molecule has 1 aliphatic rings. The molecule has 1 aromatic carbocycles. The third-order valence-corrected chi connectivity index (χ3v) is 4.81. The third kappa shape index (κ3) is 2.38. The van der Waals surface area contributed by atoms with Gasteiger partial charge in [0.05, 0.1) is 5.41 Å². The van der Waals surface area contributed by atoms with Gasteiger partial charge in [0.2, 0.25) is 0 Å². The van der Waals surface area contributed by atoms with Crippen molar-refractivity contribution in [3.05, 3.63) is 27.7 Å². The molecule has 0 heterocycles. The molecule has 0 aromatic heterocycles. The van der Waals surface area contributed by atoms with Gasteiger partial charge in [-0.15, -0.1) is 0 Å². The molecule has 4 heteroatoms. The first-order chi connectivity index (χ1) is 8.88. The number of aromatic hydroxyl groups is 1. The van der Waals surface area contributed by atoms with E-state index in [2.05, 4.69) is 15.9 Å². The maximum Gasteiger partial charge on any atom is 0.314 e. The second kappa shape index (κ2) is 5.16. The van der Waals surface area contributed by atoms with Crippen LogP contribution in [-0.4, -0.2) is 16.2 Å². The highest BCUT2D eigenvalue weighted by atomic mass is 79.9. The molecule has 104 valence electrons. The average molecular weight is 327 g/mol. The topological polar surface area (TPSA) is 57.5 Å². The number of phenolic OH excluding ortho intramolecular Hbond substituents is 1. The average Bonchev–Trinajstić information content (AvgIpc) is 2.81. The molecule has 2 rings (SSSR count). The first-order valence-corrected chi connectivity index (χ1v) is 7.44. The number of carboxylic acid groups (broad SMARTS) is 1. The van der Waals surface area contributed by atoms with E-state index in [1.54, 1.807) is 12.1 Å². The summed E-state index contributed by atoms with van der Waals surface area (Å²) in [6, 6.07) is 3.50. The van der Waals surface area contributed by atoms with Crippen molar-refractivity contribution in [2.45, 2.75) is 50.9 Å². The lowest BCUT2D eigenvalue weighted by Gasteiger charge is -2.26. The lowest BCUT2D eigenvalue weighted by molar-refractivity contribution is -0.143. The molecule has 1 fully saturated rings. The zero-order chi connectivity index (χ0) is 14.2. The van der Waals surface area contributed by atoms with Crippen LogP contribution >= 0.6 is 15.9 Å². The van der Waals surface area contributed by atoms with Crippen LogP contribution in [0.5, 0.6) is 5.75 Å². The molecule has 1 aliphatic carbocycles. The van der Waals surface area contributed by atoms with Crippen LogP contribution in [-0.2, 0) is 10.2 Å². The predicted octanol–water partition coefficient (Wildman–Crippen LogP) is 4.17. The first kappa shape index (κ1) is 14.4. The van der Waals surface area contributed by atoms with Crippen molar-refractivity contribution in [3.8, 4) is 5.75 Å². The molecule has 3 nitrogen and oxygen atoms in total. The molecule has 0 radical (unpaired) electrons. The van der Waals surface area contributed by atoms with E-state index in [9.17, 15) is 15.0 Å². The smallest absolute Gasteiger partial charge is 0.314 e. The maximum atomic E-state index is 11.7. The van der Waals surface area contributed by atoms with Crippen LogP contribution in [0, 0.1) is 0 Å². The second-order valence-corrected chi connectivity index (χ2v) is 6.49. The maximum absolute atomic E-state index is 11.7. The van der Waals surface area contributed by atoms with Crippen molar-refractivity contribution in [1.29, 1.82) is 0 Å². The van der Waals surface area contributed by atoms with E-state index >= 15 is 0 Å². The molecule has 0 atom stereocenters. The van der Waals surface area contributed by atoms with Gasteiger partial charge in [-0.1, -0.05) is 42.6 Å². The van der Waals surface area contributed by atoms with E-state index in [0.29, 0.717) is 18.4 Å². The van der Waals surface area contributed by atoms with Gasteiger partial charge >= 0.3 is 5.97 Å². The molecule has 0 spiro atoms. The molecular formula is C15H19BrO3. The van der Waals surface area contributed by atoms with Crippen molar-refractivity contribution in [2.75, 3.05) is 0 Å². The van der Waals surface area contributed by atoms with Crippen LogP contribution in [0.25, 0.3) is 0 Å². The highest BCUT2D eigenvalue weighted by Gasteiger charge is 2.44. The number of carbonyl (C=O) groups is 1. The monoisotopic (exact) mass is 326 g/mol. The van der Waals surface area contributed by atoms with Crippen molar-refractivity contribution < 1.29 is 15.0 Å². The number of aliphatic carboxylic acids is 1. The van der Waals surface area contributed by atoms with Gasteiger partial charge in [0.15, 0.2) is 0 Å². The number of halogens is 1. The van der Waals surface area contributed by atoms with E-state index in [1.807, 2.05) is 13.8 Å². The van der Waals surface area contributed by atoms with E-state index in [1.165, 1.54) is 0 Å². The van der Waals surface area contributed by atoms with Crippen LogP contribution < -0.4 is 0 Å². The van der Waals surface area contributed by atoms with Crippen molar-refractivity contribution in [3.63, 3.8) is 0 Å². The molecule has 0 bridgehead atoms. The summed E-state index contributed by atoms with van der Waals surface area (Å²) >= 11 is 3.50. The Morgan fingerprint density at radius 3 is 2.37 bits per heavy atom. The highest BCUT2D eigenvalue weighted by Crippen LogP contribution is 2.46. The number of carboxylic acids is 1. The molecule has 19 heavy (non-hydrogen) atoms. The molecule has 0 saturated heterocycles. The van der Waals surface area contributed by atoms with E-state index < -0.39 is 11.4 Å². The molecule has 1 aromatic rings. The lowest BCUT2D eigenvalue weighted by atomic mass is 9.78. The summed E-state index contributed by atoms with van der Waals surface area (Å²) in [5.41, 5.74) is 0.635. The summed E-state index contributed by atoms with van der Waals surface area (Å²) in [7, 11) is 0. The number of rotatable bonds is 3.